The molecule has 0 saturated heterocycles. The second-order valence-electron chi connectivity index (χ2n) is 3.29. The number of nitrogens with one attached hydrogen (secondary N) is 1. The Kier molecular flexibility index (Phi) is 4.07. The number of rotatable bonds is 3. The van der Waals surface area contributed by atoms with Crippen molar-refractivity contribution in [2.24, 2.45) is 0 Å². The largest absolute Gasteiger partial charge is 0.339 e. The first kappa shape index (κ1) is 13.0. The summed E-state index contributed by atoms with van der Waals surface area (Å²) in [7, 11) is 0. The minimum atomic E-state index is -0.617. The Bertz CT molecular complexity index is 508. The van der Waals surface area contributed by atoms with Gasteiger partial charge in [0.25, 0.3) is 11.6 Å². The van der Waals surface area contributed by atoms with Crippen LogP contribution in [0.3, 0.4) is 0 Å². The summed E-state index contributed by atoms with van der Waals surface area (Å²) in [6.07, 6.45) is 5.11. The molecule has 1 aromatic rings. The summed E-state index contributed by atoms with van der Waals surface area (Å²) in [6, 6.07) is 3.31. The van der Waals surface area contributed by atoms with Gasteiger partial charge in [0.2, 0.25) is 0 Å². The van der Waals surface area contributed by atoms with Crippen molar-refractivity contribution in [2.45, 2.75) is 13.0 Å². The van der Waals surface area contributed by atoms with Crippen molar-refractivity contribution in [1.82, 2.24) is 5.32 Å². The first-order valence-corrected chi connectivity index (χ1v) is 5.04. The zero-order valence-corrected chi connectivity index (χ0v) is 9.69. The van der Waals surface area contributed by atoms with Crippen molar-refractivity contribution < 1.29 is 9.72 Å². The Morgan fingerprint density at radius 2 is 2.29 bits per heavy atom. The van der Waals surface area contributed by atoms with Crippen molar-refractivity contribution in [1.29, 1.82) is 0 Å². The maximum absolute atomic E-state index is 11.6. The maximum atomic E-state index is 11.6. The summed E-state index contributed by atoms with van der Waals surface area (Å²) in [5.74, 6) is 1.91. The fourth-order valence-corrected chi connectivity index (χ4v) is 1.37. The van der Waals surface area contributed by atoms with Gasteiger partial charge >= 0.3 is 0 Å². The number of hydrogen-bond acceptors (Lipinski definition) is 3. The van der Waals surface area contributed by atoms with Gasteiger partial charge in [-0.25, -0.2) is 0 Å². The highest BCUT2D eigenvalue weighted by molar-refractivity contribution is 6.33. The SMILES string of the molecule is C#CC(C)NC(=O)c1ccc([N+](=O)[O-])c(Cl)c1. The topological polar surface area (TPSA) is 72.2 Å². The molecule has 1 atom stereocenters. The van der Waals surface area contributed by atoms with E-state index in [9.17, 15) is 14.9 Å². The Balaban J connectivity index is 2.95. The van der Waals surface area contributed by atoms with Crippen molar-refractivity contribution in [2.75, 3.05) is 0 Å². The van der Waals surface area contributed by atoms with Crippen LogP contribution in [0.15, 0.2) is 18.2 Å². The first-order valence-electron chi connectivity index (χ1n) is 4.66. The van der Waals surface area contributed by atoms with Gasteiger partial charge in [-0.15, -0.1) is 6.42 Å². The van der Waals surface area contributed by atoms with E-state index in [1.54, 1.807) is 6.92 Å². The number of terminal acetylenes is 1. The predicted molar refractivity (Wildman–Crippen MR) is 63.9 cm³/mol. The molecule has 0 bridgehead atoms. The summed E-state index contributed by atoms with van der Waals surface area (Å²) in [5, 5.41) is 13.0. The molecule has 0 aliphatic rings. The first-order chi connectivity index (χ1) is 7.95. The predicted octanol–water partition coefficient (Wildman–Crippen LogP) is 2.00. The van der Waals surface area contributed by atoms with Gasteiger partial charge in [-0.2, -0.15) is 0 Å². The molecular weight excluding hydrogens is 244 g/mol. The molecule has 1 N–H and O–H groups in total. The van der Waals surface area contributed by atoms with Crippen molar-refractivity contribution >= 4 is 23.2 Å². The second-order valence-corrected chi connectivity index (χ2v) is 3.69. The van der Waals surface area contributed by atoms with Gasteiger partial charge in [0, 0.05) is 11.6 Å². The second kappa shape index (κ2) is 5.32. The van der Waals surface area contributed by atoms with E-state index in [0.29, 0.717) is 0 Å². The molecule has 0 aliphatic carbocycles. The van der Waals surface area contributed by atoms with Crippen LogP contribution in [0.1, 0.15) is 17.3 Å². The molecule has 1 amide bonds. The summed E-state index contributed by atoms with van der Waals surface area (Å²) in [6.45, 7) is 1.64. The van der Waals surface area contributed by atoms with Gasteiger partial charge < -0.3 is 5.32 Å². The van der Waals surface area contributed by atoms with Crippen LogP contribution in [0.25, 0.3) is 0 Å². The third-order valence-corrected chi connectivity index (χ3v) is 2.31. The number of halogens is 1. The molecular formula is C11H9ClN2O3. The molecule has 0 aromatic heterocycles. The highest BCUT2D eigenvalue weighted by Gasteiger charge is 2.15. The average molecular weight is 253 g/mol. The zero-order chi connectivity index (χ0) is 13.0. The Labute approximate surface area is 103 Å². The standard InChI is InChI=1S/C11H9ClN2O3/c1-3-7(2)13-11(15)8-4-5-10(14(16)17)9(12)6-8/h1,4-7H,2H3,(H,13,15). The number of hydrogen-bond donors (Lipinski definition) is 1. The molecule has 5 nitrogen and oxygen atoms in total. The monoisotopic (exact) mass is 252 g/mol. The molecule has 0 fully saturated rings. The number of carbonyl (C=O) groups excluding carboxylic acids is 1. The summed E-state index contributed by atoms with van der Waals surface area (Å²) >= 11 is 5.68. The number of benzene rings is 1. The lowest BCUT2D eigenvalue weighted by Crippen LogP contribution is -2.31. The smallest absolute Gasteiger partial charge is 0.287 e. The van der Waals surface area contributed by atoms with E-state index in [4.69, 9.17) is 18.0 Å². The Hall–Kier alpha value is -2.06. The third-order valence-electron chi connectivity index (χ3n) is 2.00. The molecule has 17 heavy (non-hydrogen) atoms. The minimum absolute atomic E-state index is 0.0870. The van der Waals surface area contributed by atoms with Crippen molar-refractivity contribution in [3.05, 3.63) is 38.9 Å². The number of nitro benzene ring substituents is 1. The van der Waals surface area contributed by atoms with E-state index >= 15 is 0 Å². The molecule has 0 saturated carbocycles. The summed E-state index contributed by atoms with van der Waals surface area (Å²) in [4.78, 5) is 21.5. The van der Waals surface area contributed by atoms with Crippen LogP contribution in [0, 0.1) is 22.5 Å². The number of amides is 1. The van der Waals surface area contributed by atoms with Crippen LogP contribution in [-0.2, 0) is 0 Å². The molecule has 0 heterocycles. The molecule has 0 aliphatic heterocycles. The van der Waals surface area contributed by atoms with Gasteiger partial charge in [0.15, 0.2) is 0 Å². The molecule has 6 heteroatoms. The fourth-order valence-electron chi connectivity index (χ4n) is 1.12. The summed E-state index contributed by atoms with van der Waals surface area (Å²) < 4.78 is 0. The van der Waals surface area contributed by atoms with Crippen LogP contribution in [0.4, 0.5) is 5.69 Å². The fraction of sp³-hybridized carbons (Fsp3) is 0.182. The molecule has 88 valence electrons. The highest BCUT2D eigenvalue weighted by atomic mass is 35.5. The van der Waals surface area contributed by atoms with Crippen molar-refractivity contribution in [3.8, 4) is 12.3 Å². The Morgan fingerprint density at radius 1 is 1.65 bits per heavy atom. The number of nitrogens with zero attached hydrogens (tertiary/aromatic N) is 1. The van der Waals surface area contributed by atoms with Gasteiger partial charge in [0.1, 0.15) is 5.02 Å². The Morgan fingerprint density at radius 3 is 2.76 bits per heavy atom. The van der Waals surface area contributed by atoms with E-state index in [2.05, 4.69) is 11.2 Å². The van der Waals surface area contributed by atoms with Gasteiger partial charge in [-0.3, -0.25) is 14.9 Å². The lowest BCUT2D eigenvalue weighted by atomic mass is 10.2. The van der Waals surface area contributed by atoms with Crippen LogP contribution >= 0.6 is 11.6 Å². The van der Waals surface area contributed by atoms with Crippen LogP contribution in [0.5, 0.6) is 0 Å². The van der Waals surface area contributed by atoms with Crippen molar-refractivity contribution in [3.63, 3.8) is 0 Å². The normalized spacial score (nSPS) is 11.4. The number of nitro groups is 1. The highest BCUT2D eigenvalue weighted by Crippen LogP contribution is 2.24. The third kappa shape index (κ3) is 3.20. The molecule has 1 aromatic carbocycles. The quantitative estimate of drug-likeness (QED) is 0.508. The van der Waals surface area contributed by atoms with Crippen LogP contribution < -0.4 is 5.32 Å². The van der Waals surface area contributed by atoms with E-state index in [-0.39, 0.29) is 16.3 Å². The van der Waals surface area contributed by atoms with Gasteiger partial charge in [0.05, 0.1) is 11.0 Å². The van der Waals surface area contributed by atoms with Gasteiger partial charge in [-0.05, 0) is 19.1 Å². The lowest BCUT2D eigenvalue weighted by Gasteiger charge is -2.07. The molecule has 1 unspecified atom stereocenters. The minimum Gasteiger partial charge on any atom is -0.339 e. The van der Waals surface area contributed by atoms with Crippen LogP contribution in [0.2, 0.25) is 5.02 Å². The summed E-state index contributed by atoms with van der Waals surface area (Å²) in [5.41, 5.74) is -0.0177. The van der Waals surface area contributed by atoms with E-state index < -0.39 is 16.9 Å². The zero-order valence-electron chi connectivity index (χ0n) is 8.94. The molecule has 0 spiro atoms. The molecule has 0 radical (unpaired) electrons. The molecule has 1 rings (SSSR count). The lowest BCUT2D eigenvalue weighted by molar-refractivity contribution is -0.384. The van der Waals surface area contributed by atoms with E-state index in [1.165, 1.54) is 18.2 Å². The number of carbonyl (C=O) groups is 1. The van der Waals surface area contributed by atoms with E-state index in [0.717, 1.165) is 0 Å². The van der Waals surface area contributed by atoms with E-state index in [1.807, 2.05) is 0 Å². The maximum Gasteiger partial charge on any atom is 0.287 e. The average Bonchev–Trinajstić information content (AvgIpc) is 2.28. The van der Waals surface area contributed by atoms with Crippen LogP contribution in [-0.4, -0.2) is 16.9 Å². The van der Waals surface area contributed by atoms with Gasteiger partial charge in [-0.1, -0.05) is 17.5 Å².